The van der Waals surface area contributed by atoms with Crippen LogP contribution < -0.4 is 23.7 Å². The molecule has 10 aromatic rings. The molecule has 8 heterocycles. The van der Waals surface area contributed by atoms with Gasteiger partial charge in [0, 0.05) is 46.4 Å². The number of aliphatic hydroxyl groups is 2. The summed E-state index contributed by atoms with van der Waals surface area (Å²) in [5, 5.41) is 19.1. The molecule has 0 spiro atoms. The van der Waals surface area contributed by atoms with Crippen LogP contribution in [0.25, 0.3) is 57.3 Å². The third-order valence-corrected chi connectivity index (χ3v) is 17.1. The number of aliphatic hydroxyl groups excluding tert-OH is 2. The number of methoxy groups -OCH3 is 5. The predicted octanol–water partition coefficient (Wildman–Crippen LogP) is 16.2. The zero-order valence-corrected chi connectivity index (χ0v) is 69.3. The Hall–Kier alpha value is -11.0. The van der Waals surface area contributed by atoms with Crippen LogP contribution in [0.1, 0.15) is 156 Å². The van der Waals surface area contributed by atoms with Gasteiger partial charge in [-0.1, -0.05) is 15.9 Å². The fourth-order valence-electron chi connectivity index (χ4n) is 10.6. The van der Waals surface area contributed by atoms with Crippen molar-refractivity contribution in [2.45, 2.75) is 130 Å². The van der Waals surface area contributed by atoms with Crippen LogP contribution in [0.2, 0.25) is 0 Å². The number of hydrogen-bond donors (Lipinski definition) is 3. The second kappa shape index (κ2) is 51.2. The number of hydrogen-bond acceptors (Lipinski definition) is 32. The molecular weight excluding hydrogens is 1600 g/mol. The third-order valence-electron chi connectivity index (χ3n) is 16.5. The van der Waals surface area contributed by atoms with Gasteiger partial charge in [-0.2, -0.15) is 0 Å². The summed E-state index contributed by atoms with van der Waals surface area (Å²) < 4.78 is 103. The molecule has 3 aliphatic rings. The number of benzene rings is 5. The van der Waals surface area contributed by atoms with Crippen molar-refractivity contribution in [3.63, 3.8) is 0 Å². The Bertz CT molecular complexity index is 4520. The summed E-state index contributed by atoms with van der Waals surface area (Å²) in [6.07, 6.45) is 11.7. The van der Waals surface area contributed by atoms with Crippen molar-refractivity contribution in [2.24, 2.45) is 4.30 Å². The SMILES string of the molecule is C1=COCCC1.CCOC(=O)c1oc(-c2ccc(OC)cc2)nc1C.CCOC(=O)c1oc(-c2ccc(OC)cc2)nc1CBr.CCOC(=O)c1oc(-c2ccc(OC)cc2)nc1CO.CCOC(=O)c1oc(-c2ccc(OC)cc2)nc1COC1CCCCO1.COc1ccc(-c2nc(COC3CCCCO3)c(CO)o2)cc1.[B]=NS. The molecule has 2 unspecified atom stereocenters. The summed E-state index contributed by atoms with van der Waals surface area (Å²) in [5.41, 5.74) is 5.99. The van der Waals surface area contributed by atoms with Crippen molar-refractivity contribution in [1.29, 1.82) is 0 Å². The van der Waals surface area contributed by atoms with E-state index in [0.29, 0.717) is 88.6 Å². The van der Waals surface area contributed by atoms with Gasteiger partial charge in [-0.3, -0.25) is 0 Å². The topological polar surface area (TPSA) is 380 Å². The van der Waals surface area contributed by atoms with E-state index in [1.54, 1.807) is 137 Å². The van der Waals surface area contributed by atoms with Gasteiger partial charge in [-0.25, -0.2) is 44.1 Å². The fourth-order valence-corrected chi connectivity index (χ4v) is 11.0. The van der Waals surface area contributed by atoms with Crippen LogP contribution in [-0.4, -0.2) is 161 Å². The number of esters is 4. The van der Waals surface area contributed by atoms with Crippen molar-refractivity contribution in [2.75, 3.05) is 81.8 Å². The first-order valence-corrected chi connectivity index (χ1v) is 38.9. The van der Waals surface area contributed by atoms with Crippen molar-refractivity contribution in [3.05, 3.63) is 191 Å². The number of nitrogens with zero attached hydrogens (tertiary/aromatic N) is 6. The van der Waals surface area contributed by atoms with E-state index < -0.39 is 30.5 Å². The van der Waals surface area contributed by atoms with E-state index in [2.05, 4.69) is 65.6 Å². The molecule has 0 aliphatic carbocycles. The number of allylic oxidation sites excluding steroid dienone is 1. The standard InChI is InChI=1S/C19H23NO6.C17H21NO5.C14H14BrNO4.C14H15NO5.C14H15NO4.C5H8O.BHNS/c1-3-23-19(21)17-15(12-25-16-6-4-5-11-24-16)20-18(26-17)13-7-9-14(22-2)10-8-13;1-20-13-7-5-12(6-8-13)17-18-14(15(10-19)23-17)11-22-16-4-2-3-9-21-16;1-3-19-14(17)12-11(8-15)16-13(20-12)9-4-6-10(18-2)7-5-9;1-3-19-14(17)12-11(8-16)15-13(20-12)9-4-6-10(18-2)7-5-9;1-4-18-14(16)12-9(2)15-13(19-12)10-5-7-11(17-3)8-6-10;1-2-4-6-5-3-1;1-2-3/h7-10,16H,3-6,11-12H2,1-2H3;5-8,16,19H,2-4,9-11H2,1H3;4-7H,3,8H2,1-2H3;4-7,16H,3,8H2,1-2H3;5-8H,4H2,1-3H3;2,4H,1,3,5H2;3H. The molecule has 34 heteroatoms. The Morgan fingerprint density at radius 3 is 1.08 bits per heavy atom. The molecule has 3 aliphatic heterocycles. The fraction of sp³-hybridized carbons (Fsp3) is 0.386. The van der Waals surface area contributed by atoms with Crippen LogP contribution in [0.5, 0.6) is 28.7 Å². The number of aryl methyl sites for hydroxylation is 1. The van der Waals surface area contributed by atoms with E-state index in [-0.39, 0.29) is 80.2 Å². The summed E-state index contributed by atoms with van der Waals surface area (Å²) in [5.74, 6) is 4.00. The summed E-state index contributed by atoms with van der Waals surface area (Å²) >= 11 is 6.48. The number of alkyl halides is 1. The molecule has 31 nitrogen and oxygen atoms in total. The van der Waals surface area contributed by atoms with Crippen molar-refractivity contribution in [3.8, 4) is 86.0 Å². The predicted molar refractivity (Wildman–Crippen MR) is 434 cm³/mol. The number of oxazole rings is 5. The van der Waals surface area contributed by atoms with Gasteiger partial charge in [0.15, 0.2) is 18.3 Å². The normalized spacial score (nSPS) is 13.7. The van der Waals surface area contributed by atoms with Crippen LogP contribution in [0.3, 0.4) is 0 Å². The number of aromatic nitrogens is 5. The summed E-state index contributed by atoms with van der Waals surface area (Å²) in [7, 11) is 12.3. The zero-order chi connectivity index (χ0) is 84.3. The summed E-state index contributed by atoms with van der Waals surface area (Å²) in [6.45, 7) is 11.8. The Morgan fingerprint density at radius 1 is 0.444 bits per heavy atom. The van der Waals surface area contributed by atoms with E-state index in [9.17, 15) is 29.4 Å². The molecule has 117 heavy (non-hydrogen) atoms. The van der Waals surface area contributed by atoms with Crippen LogP contribution in [0.15, 0.2) is 160 Å². The molecule has 0 amide bonds. The van der Waals surface area contributed by atoms with E-state index >= 15 is 0 Å². The summed E-state index contributed by atoms with van der Waals surface area (Å²) in [4.78, 5) is 68.8. The second-order valence-electron chi connectivity index (χ2n) is 24.4. The van der Waals surface area contributed by atoms with Crippen molar-refractivity contribution >= 4 is 60.3 Å². The molecule has 13 rings (SSSR count). The Labute approximate surface area is 692 Å². The molecule has 2 atom stereocenters. The molecule has 2 N–H and O–H groups in total. The quantitative estimate of drug-likeness (QED) is 0.0141. The molecule has 5 aromatic heterocycles. The Kier molecular flexibility index (Phi) is 40.8. The average molecular weight is 1700 g/mol. The van der Waals surface area contributed by atoms with E-state index in [0.717, 1.165) is 97.0 Å². The first-order valence-electron chi connectivity index (χ1n) is 37.4. The second-order valence-corrected chi connectivity index (χ2v) is 25.2. The number of thiol groups is 1. The van der Waals surface area contributed by atoms with E-state index in [1.165, 1.54) is 12.8 Å². The number of carbonyl (C=O) groups is 4. The molecule has 5 aromatic carbocycles. The number of halogens is 1. The molecular formula is C83H97BBrN6O25S. The average Bonchev–Trinajstić information content (AvgIpc) is 1.70. The van der Waals surface area contributed by atoms with Crippen LogP contribution in [0, 0.1) is 6.92 Å². The molecule has 2 saturated heterocycles. The van der Waals surface area contributed by atoms with Gasteiger partial charge >= 0.3 is 48.6 Å². The molecule has 1 radical (unpaired) electrons. The Balaban J connectivity index is 0.000000197. The van der Waals surface area contributed by atoms with E-state index in [1.807, 2.05) is 66.7 Å². The molecule has 2 fully saturated rings. The van der Waals surface area contributed by atoms with Gasteiger partial charge in [0.1, 0.15) is 58.1 Å². The maximum atomic E-state index is 12.2. The molecule has 0 saturated carbocycles. The molecule has 625 valence electrons. The van der Waals surface area contributed by atoms with Crippen LogP contribution in [0.4, 0.5) is 0 Å². The van der Waals surface area contributed by atoms with E-state index in [4.69, 9.17) is 88.4 Å². The van der Waals surface area contributed by atoms with Crippen molar-refractivity contribution < 1.29 is 118 Å². The minimum atomic E-state index is -0.635. The zero-order valence-electron chi connectivity index (χ0n) is 66.9. The van der Waals surface area contributed by atoms with Gasteiger partial charge in [0.05, 0.1) is 100 Å². The van der Waals surface area contributed by atoms with Crippen LogP contribution >= 0.6 is 28.7 Å². The number of ether oxygens (including phenoxy) is 14. The van der Waals surface area contributed by atoms with Gasteiger partial charge < -0.3 is 98.6 Å². The van der Waals surface area contributed by atoms with Gasteiger partial charge in [-0.05, 0) is 213 Å². The summed E-state index contributed by atoms with van der Waals surface area (Å²) in [6, 6.07) is 36.1. The van der Waals surface area contributed by atoms with Gasteiger partial charge in [0.25, 0.3) is 0 Å². The number of rotatable bonds is 27. The Morgan fingerprint density at radius 2 is 0.769 bits per heavy atom. The monoisotopic (exact) mass is 1700 g/mol. The first-order chi connectivity index (χ1) is 56.9. The first kappa shape index (κ1) is 93.2. The van der Waals surface area contributed by atoms with Crippen LogP contribution in [-0.2, 0) is 74.4 Å². The van der Waals surface area contributed by atoms with Gasteiger partial charge in [0.2, 0.25) is 52.5 Å². The maximum absolute atomic E-state index is 12.2. The minimum absolute atomic E-state index is 0.0634. The third kappa shape index (κ3) is 29.3. The molecule has 0 bridgehead atoms. The van der Waals surface area contributed by atoms with Crippen molar-refractivity contribution in [1.82, 2.24) is 24.9 Å². The number of carbonyl (C=O) groups excluding carboxylic acids is 4. The van der Waals surface area contributed by atoms with Gasteiger partial charge in [-0.15, -0.1) is 0 Å².